The zero-order valence-electron chi connectivity index (χ0n) is 29.8. The van der Waals surface area contributed by atoms with Crippen LogP contribution in [0.4, 0.5) is 0 Å². The zero-order chi connectivity index (χ0) is 36.8. The summed E-state index contributed by atoms with van der Waals surface area (Å²) in [5.74, 6) is 1.89. The molecule has 9 aromatic rings. The van der Waals surface area contributed by atoms with Crippen molar-refractivity contribution in [3.05, 3.63) is 222 Å². The standard InChI is InChI=1S/C51H32N4/c52-33-39-32-46-47(43-24-14-13-23-42(39)43)44-30-29-38(31-45(44)51(46,40-19-9-3-10-20-40)41-21-11-4-12-22-41)34-25-27-37(28-26-34)50-54-48(35-15-5-1-6-16-35)53-49(55-50)36-17-7-2-8-18-36/h1-32H. The highest BCUT2D eigenvalue weighted by Crippen LogP contribution is 2.58. The average molecular weight is 701 g/mol. The second-order valence-electron chi connectivity index (χ2n) is 13.9. The van der Waals surface area contributed by atoms with E-state index >= 15 is 0 Å². The summed E-state index contributed by atoms with van der Waals surface area (Å²) in [4.78, 5) is 14.8. The second kappa shape index (κ2) is 13.2. The highest BCUT2D eigenvalue weighted by atomic mass is 15.0. The van der Waals surface area contributed by atoms with Crippen LogP contribution in [0.5, 0.6) is 0 Å². The molecule has 1 aliphatic rings. The Bertz CT molecular complexity index is 2800. The fourth-order valence-electron chi connectivity index (χ4n) is 8.37. The van der Waals surface area contributed by atoms with E-state index in [1.54, 1.807) is 0 Å². The number of rotatable bonds is 6. The van der Waals surface area contributed by atoms with Crippen molar-refractivity contribution in [1.82, 2.24) is 15.0 Å². The minimum Gasteiger partial charge on any atom is -0.208 e. The second-order valence-corrected chi connectivity index (χ2v) is 13.9. The Hall–Kier alpha value is -7.48. The van der Waals surface area contributed by atoms with Gasteiger partial charge in [-0.15, -0.1) is 0 Å². The molecule has 0 amide bonds. The van der Waals surface area contributed by atoms with E-state index < -0.39 is 5.41 Å². The van der Waals surface area contributed by atoms with Crippen LogP contribution in [0.1, 0.15) is 27.8 Å². The molecule has 0 saturated carbocycles. The number of benzene rings is 8. The number of nitriles is 1. The number of hydrogen-bond donors (Lipinski definition) is 0. The Morgan fingerprint density at radius 2 is 0.818 bits per heavy atom. The van der Waals surface area contributed by atoms with E-state index in [9.17, 15) is 5.26 Å². The van der Waals surface area contributed by atoms with E-state index in [1.165, 1.54) is 16.7 Å². The van der Waals surface area contributed by atoms with Crippen molar-refractivity contribution in [2.75, 3.05) is 0 Å². The lowest BCUT2D eigenvalue weighted by Crippen LogP contribution is -2.28. The van der Waals surface area contributed by atoms with Crippen molar-refractivity contribution in [3.8, 4) is 62.5 Å². The summed E-state index contributed by atoms with van der Waals surface area (Å²) in [5.41, 5.74) is 12.0. The maximum absolute atomic E-state index is 10.5. The zero-order valence-corrected chi connectivity index (χ0v) is 29.8. The van der Waals surface area contributed by atoms with Crippen LogP contribution in [0.3, 0.4) is 0 Å². The van der Waals surface area contributed by atoms with Crippen LogP contribution >= 0.6 is 0 Å². The SMILES string of the molecule is N#Cc1cc2c(c3ccccc13)-c1ccc(-c3ccc(-c4nc(-c5ccccc5)nc(-c5ccccc5)n4)cc3)cc1C2(c1ccccc1)c1ccccc1. The van der Waals surface area contributed by atoms with Crippen molar-refractivity contribution in [3.63, 3.8) is 0 Å². The van der Waals surface area contributed by atoms with Crippen molar-refractivity contribution >= 4 is 10.8 Å². The third kappa shape index (κ3) is 5.25. The molecule has 0 bridgehead atoms. The number of nitrogens with zero attached hydrogens (tertiary/aromatic N) is 4. The molecule has 0 saturated heterocycles. The molecule has 0 atom stereocenters. The molecule has 1 heterocycles. The lowest BCUT2D eigenvalue weighted by atomic mass is 9.67. The molecule has 0 N–H and O–H groups in total. The van der Waals surface area contributed by atoms with E-state index in [0.29, 0.717) is 23.0 Å². The van der Waals surface area contributed by atoms with Crippen LogP contribution in [0.15, 0.2) is 194 Å². The van der Waals surface area contributed by atoms with Gasteiger partial charge in [0.2, 0.25) is 0 Å². The Morgan fingerprint density at radius 3 is 1.35 bits per heavy atom. The van der Waals surface area contributed by atoms with Gasteiger partial charge in [-0.3, -0.25) is 0 Å². The Morgan fingerprint density at radius 1 is 0.382 bits per heavy atom. The van der Waals surface area contributed by atoms with Crippen LogP contribution in [-0.4, -0.2) is 15.0 Å². The number of aromatic nitrogens is 3. The summed E-state index contributed by atoms with van der Waals surface area (Å²) >= 11 is 0. The topological polar surface area (TPSA) is 62.5 Å². The molecule has 0 spiro atoms. The first kappa shape index (κ1) is 32.2. The minimum atomic E-state index is -0.647. The van der Waals surface area contributed by atoms with Gasteiger partial charge in [0.15, 0.2) is 17.5 Å². The quantitative estimate of drug-likeness (QED) is 0.173. The molecular weight excluding hydrogens is 669 g/mol. The third-order valence-corrected chi connectivity index (χ3v) is 10.9. The fourth-order valence-corrected chi connectivity index (χ4v) is 8.37. The minimum absolute atomic E-state index is 0.621. The molecule has 0 aliphatic heterocycles. The van der Waals surface area contributed by atoms with Crippen molar-refractivity contribution in [2.45, 2.75) is 5.41 Å². The van der Waals surface area contributed by atoms with Crippen molar-refractivity contribution in [2.24, 2.45) is 0 Å². The lowest BCUT2D eigenvalue weighted by molar-refractivity contribution is 0.769. The van der Waals surface area contributed by atoms with Crippen molar-refractivity contribution in [1.29, 1.82) is 5.26 Å². The number of fused-ring (bicyclic) bond motifs is 5. The highest BCUT2D eigenvalue weighted by molar-refractivity contribution is 6.06. The maximum Gasteiger partial charge on any atom is 0.164 e. The Balaban J connectivity index is 1.15. The van der Waals surface area contributed by atoms with Crippen LogP contribution in [-0.2, 0) is 5.41 Å². The van der Waals surface area contributed by atoms with Gasteiger partial charge in [-0.1, -0.05) is 182 Å². The molecule has 8 aromatic carbocycles. The molecule has 4 nitrogen and oxygen atoms in total. The van der Waals surface area contributed by atoms with Crippen LogP contribution in [0.2, 0.25) is 0 Å². The van der Waals surface area contributed by atoms with Gasteiger partial charge in [0.1, 0.15) is 0 Å². The van der Waals surface area contributed by atoms with Crippen LogP contribution in [0.25, 0.3) is 67.2 Å². The molecule has 256 valence electrons. The maximum atomic E-state index is 10.5. The van der Waals surface area contributed by atoms with Gasteiger partial charge in [-0.2, -0.15) is 5.26 Å². The van der Waals surface area contributed by atoms with Crippen molar-refractivity contribution < 1.29 is 0 Å². The largest absolute Gasteiger partial charge is 0.208 e. The molecule has 4 heteroatoms. The van der Waals surface area contributed by atoms with Gasteiger partial charge in [-0.05, 0) is 62.0 Å². The van der Waals surface area contributed by atoms with Crippen LogP contribution < -0.4 is 0 Å². The molecule has 0 radical (unpaired) electrons. The summed E-state index contributed by atoms with van der Waals surface area (Å²) in [7, 11) is 0. The smallest absolute Gasteiger partial charge is 0.164 e. The van der Waals surface area contributed by atoms with E-state index in [4.69, 9.17) is 15.0 Å². The van der Waals surface area contributed by atoms with E-state index in [2.05, 4.69) is 133 Å². The normalized spacial score (nSPS) is 12.5. The van der Waals surface area contributed by atoms with E-state index in [-0.39, 0.29) is 0 Å². The lowest BCUT2D eigenvalue weighted by Gasteiger charge is -2.34. The molecule has 10 rings (SSSR count). The first-order valence-corrected chi connectivity index (χ1v) is 18.4. The van der Waals surface area contributed by atoms with Gasteiger partial charge in [0, 0.05) is 22.1 Å². The summed E-state index contributed by atoms with van der Waals surface area (Å²) in [6.45, 7) is 0. The van der Waals surface area contributed by atoms with Crippen LogP contribution in [0, 0.1) is 11.3 Å². The first-order valence-electron chi connectivity index (χ1n) is 18.4. The third-order valence-electron chi connectivity index (χ3n) is 10.9. The highest BCUT2D eigenvalue weighted by Gasteiger charge is 2.47. The van der Waals surface area contributed by atoms with E-state index in [1.807, 2.05) is 66.7 Å². The predicted octanol–water partition coefficient (Wildman–Crippen LogP) is 11.9. The molecule has 0 unspecified atom stereocenters. The molecule has 1 aliphatic carbocycles. The molecular formula is C51H32N4. The van der Waals surface area contributed by atoms with Gasteiger partial charge in [0.25, 0.3) is 0 Å². The average Bonchev–Trinajstić information content (AvgIpc) is 3.57. The fraction of sp³-hybridized carbons (Fsp3) is 0.0196. The van der Waals surface area contributed by atoms with E-state index in [0.717, 1.165) is 55.3 Å². The molecule has 0 fully saturated rings. The molecule has 1 aromatic heterocycles. The summed E-state index contributed by atoms with van der Waals surface area (Å²) in [6, 6.07) is 69.9. The summed E-state index contributed by atoms with van der Waals surface area (Å²) in [6.07, 6.45) is 0. The Labute approximate surface area is 319 Å². The first-order chi connectivity index (χ1) is 27.2. The van der Waals surface area contributed by atoms with Gasteiger partial charge in [-0.25, -0.2) is 15.0 Å². The predicted molar refractivity (Wildman–Crippen MR) is 221 cm³/mol. The number of hydrogen-bond acceptors (Lipinski definition) is 4. The van der Waals surface area contributed by atoms with Gasteiger partial charge < -0.3 is 0 Å². The molecule has 55 heavy (non-hydrogen) atoms. The van der Waals surface area contributed by atoms with Gasteiger partial charge in [0.05, 0.1) is 17.0 Å². The summed E-state index contributed by atoms with van der Waals surface area (Å²) in [5, 5.41) is 12.5. The monoisotopic (exact) mass is 700 g/mol. The Kier molecular flexibility index (Phi) is 7.71. The summed E-state index contributed by atoms with van der Waals surface area (Å²) < 4.78 is 0. The van der Waals surface area contributed by atoms with Gasteiger partial charge >= 0.3 is 0 Å².